The topological polar surface area (TPSA) is 48.1 Å². The van der Waals surface area contributed by atoms with E-state index in [0.717, 1.165) is 21.3 Å². The van der Waals surface area contributed by atoms with Gasteiger partial charge in [-0.05, 0) is 45.6 Å². The number of aromatic nitrogens is 1. The number of pyridine rings is 1. The molecule has 3 nitrogen and oxygen atoms in total. The Balaban J connectivity index is 2.06. The highest BCUT2D eigenvalue weighted by Gasteiger charge is 2.02. The first-order valence-corrected chi connectivity index (χ1v) is 6.50. The van der Waals surface area contributed by atoms with Gasteiger partial charge in [-0.1, -0.05) is 18.2 Å². The van der Waals surface area contributed by atoms with Gasteiger partial charge in [0.15, 0.2) is 0 Å². The largest absolute Gasteiger partial charge is 0.487 e. The molecule has 2 aromatic rings. The Kier molecular flexibility index (Phi) is 4.33. The number of hydrogen-bond donors (Lipinski definition) is 1. The Labute approximate surface area is 115 Å². The van der Waals surface area contributed by atoms with Crippen LogP contribution in [0.2, 0.25) is 0 Å². The molecule has 0 amide bonds. The van der Waals surface area contributed by atoms with Gasteiger partial charge in [0.2, 0.25) is 0 Å². The van der Waals surface area contributed by atoms with E-state index in [2.05, 4.69) is 40.0 Å². The summed E-state index contributed by atoms with van der Waals surface area (Å²) in [6, 6.07) is 8.09. The molecule has 0 bridgehead atoms. The maximum atomic E-state index is 5.70. The van der Waals surface area contributed by atoms with Crippen molar-refractivity contribution in [3.8, 4) is 5.75 Å². The highest BCUT2D eigenvalue weighted by molar-refractivity contribution is 9.10. The van der Waals surface area contributed by atoms with Crippen molar-refractivity contribution in [1.29, 1.82) is 0 Å². The van der Waals surface area contributed by atoms with Crippen LogP contribution in [0, 0.1) is 6.92 Å². The standard InChI is InChI=1S/C14H15BrN2O/c1-10-4-11(6-16)2-3-12(10)9-18-14-5-13(15)7-17-8-14/h2-5,7-8H,6,9,16H2,1H3. The molecule has 0 saturated heterocycles. The number of benzene rings is 1. The number of hydrogen-bond acceptors (Lipinski definition) is 3. The Morgan fingerprint density at radius 2 is 2.11 bits per heavy atom. The first-order chi connectivity index (χ1) is 8.69. The molecule has 0 aliphatic carbocycles. The molecule has 94 valence electrons. The van der Waals surface area contributed by atoms with Crippen LogP contribution in [0.25, 0.3) is 0 Å². The predicted molar refractivity (Wildman–Crippen MR) is 75.3 cm³/mol. The third-order valence-electron chi connectivity index (χ3n) is 2.72. The molecule has 1 aromatic carbocycles. The summed E-state index contributed by atoms with van der Waals surface area (Å²) in [7, 11) is 0. The van der Waals surface area contributed by atoms with Gasteiger partial charge in [-0.25, -0.2) is 0 Å². The van der Waals surface area contributed by atoms with Crippen molar-refractivity contribution >= 4 is 15.9 Å². The van der Waals surface area contributed by atoms with Crippen LogP contribution in [0.5, 0.6) is 5.75 Å². The quantitative estimate of drug-likeness (QED) is 0.943. The molecule has 0 spiro atoms. The van der Waals surface area contributed by atoms with E-state index in [9.17, 15) is 0 Å². The second kappa shape index (κ2) is 5.98. The van der Waals surface area contributed by atoms with Crippen molar-refractivity contribution in [2.24, 2.45) is 5.73 Å². The molecule has 0 aliphatic rings. The minimum atomic E-state index is 0.537. The molecular weight excluding hydrogens is 292 g/mol. The van der Waals surface area contributed by atoms with Crippen molar-refractivity contribution in [3.63, 3.8) is 0 Å². The summed E-state index contributed by atoms with van der Waals surface area (Å²) in [5.41, 5.74) is 9.10. The zero-order chi connectivity index (χ0) is 13.0. The molecule has 0 radical (unpaired) electrons. The zero-order valence-corrected chi connectivity index (χ0v) is 11.8. The summed E-state index contributed by atoms with van der Waals surface area (Å²) >= 11 is 3.37. The van der Waals surface area contributed by atoms with E-state index < -0.39 is 0 Å². The predicted octanol–water partition coefficient (Wildman–Crippen LogP) is 3.19. The third kappa shape index (κ3) is 3.31. The fourth-order valence-electron chi connectivity index (χ4n) is 1.68. The smallest absolute Gasteiger partial charge is 0.139 e. The maximum Gasteiger partial charge on any atom is 0.139 e. The summed E-state index contributed by atoms with van der Waals surface area (Å²) in [6.07, 6.45) is 3.43. The average Bonchev–Trinajstić information content (AvgIpc) is 2.37. The average molecular weight is 307 g/mol. The lowest BCUT2D eigenvalue weighted by atomic mass is 10.1. The molecule has 0 fully saturated rings. The lowest BCUT2D eigenvalue weighted by Gasteiger charge is -2.09. The van der Waals surface area contributed by atoms with Crippen LogP contribution in [-0.4, -0.2) is 4.98 Å². The fraction of sp³-hybridized carbons (Fsp3) is 0.214. The van der Waals surface area contributed by atoms with E-state index >= 15 is 0 Å². The van der Waals surface area contributed by atoms with Gasteiger partial charge < -0.3 is 10.5 Å². The second-order valence-electron chi connectivity index (χ2n) is 4.09. The SMILES string of the molecule is Cc1cc(CN)ccc1COc1cncc(Br)c1. The molecule has 18 heavy (non-hydrogen) atoms. The van der Waals surface area contributed by atoms with Gasteiger partial charge in [0.25, 0.3) is 0 Å². The van der Waals surface area contributed by atoms with E-state index in [-0.39, 0.29) is 0 Å². The van der Waals surface area contributed by atoms with E-state index in [1.54, 1.807) is 12.4 Å². The fourth-order valence-corrected chi connectivity index (χ4v) is 2.02. The number of ether oxygens (including phenoxy) is 1. The number of halogens is 1. The van der Waals surface area contributed by atoms with Crippen LogP contribution >= 0.6 is 15.9 Å². The van der Waals surface area contributed by atoms with Gasteiger partial charge in [-0.15, -0.1) is 0 Å². The number of rotatable bonds is 4. The summed E-state index contributed by atoms with van der Waals surface area (Å²) in [6.45, 7) is 3.17. The molecule has 0 atom stereocenters. The number of aryl methyl sites for hydroxylation is 1. The summed E-state index contributed by atoms with van der Waals surface area (Å²) in [4.78, 5) is 4.06. The van der Waals surface area contributed by atoms with Gasteiger partial charge in [-0.3, -0.25) is 4.98 Å². The van der Waals surface area contributed by atoms with Crippen LogP contribution in [0.15, 0.2) is 41.1 Å². The Morgan fingerprint density at radius 1 is 1.28 bits per heavy atom. The van der Waals surface area contributed by atoms with Gasteiger partial charge in [-0.2, -0.15) is 0 Å². The molecular formula is C14H15BrN2O. The summed E-state index contributed by atoms with van der Waals surface area (Å²) in [5.74, 6) is 0.756. The summed E-state index contributed by atoms with van der Waals surface area (Å²) < 4.78 is 6.62. The normalized spacial score (nSPS) is 10.4. The van der Waals surface area contributed by atoms with Crippen molar-refractivity contribution in [3.05, 3.63) is 57.8 Å². The van der Waals surface area contributed by atoms with Crippen LogP contribution in [0.1, 0.15) is 16.7 Å². The molecule has 1 heterocycles. The minimum absolute atomic E-state index is 0.537. The summed E-state index contributed by atoms with van der Waals surface area (Å²) in [5, 5.41) is 0. The van der Waals surface area contributed by atoms with E-state index in [0.29, 0.717) is 13.2 Å². The van der Waals surface area contributed by atoms with E-state index in [4.69, 9.17) is 10.5 Å². The first kappa shape index (κ1) is 13.1. The maximum absolute atomic E-state index is 5.70. The highest BCUT2D eigenvalue weighted by atomic mass is 79.9. The Bertz CT molecular complexity index is 543. The van der Waals surface area contributed by atoms with Gasteiger partial charge in [0, 0.05) is 17.2 Å². The van der Waals surface area contributed by atoms with Crippen molar-refractivity contribution in [2.45, 2.75) is 20.1 Å². The number of nitrogens with two attached hydrogens (primary N) is 1. The first-order valence-electron chi connectivity index (χ1n) is 5.71. The Hall–Kier alpha value is -1.39. The van der Waals surface area contributed by atoms with Gasteiger partial charge >= 0.3 is 0 Å². The molecule has 2 rings (SSSR count). The molecule has 0 saturated carbocycles. The highest BCUT2D eigenvalue weighted by Crippen LogP contribution is 2.18. The monoisotopic (exact) mass is 306 g/mol. The molecule has 0 unspecified atom stereocenters. The van der Waals surface area contributed by atoms with Crippen molar-refractivity contribution < 1.29 is 4.74 Å². The molecule has 4 heteroatoms. The minimum Gasteiger partial charge on any atom is -0.487 e. The molecule has 0 aliphatic heterocycles. The lowest BCUT2D eigenvalue weighted by molar-refractivity contribution is 0.304. The molecule has 2 N–H and O–H groups in total. The molecule has 1 aromatic heterocycles. The van der Waals surface area contributed by atoms with Crippen LogP contribution in [-0.2, 0) is 13.2 Å². The van der Waals surface area contributed by atoms with Crippen LogP contribution in [0.3, 0.4) is 0 Å². The third-order valence-corrected chi connectivity index (χ3v) is 3.15. The number of nitrogens with zero attached hydrogens (tertiary/aromatic N) is 1. The zero-order valence-electron chi connectivity index (χ0n) is 10.2. The van der Waals surface area contributed by atoms with Crippen molar-refractivity contribution in [2.75, 3.05) is 0 Å². The van der Waals surface area contributed by atoms with Gasteiger partial charge in [0.05, 0.1) is 6.20 Å². The van der Waals surface area contributed by atoms with Gasteiger partial charge in [0.1, 0.15) is 12.4 Å². The van der Waals surface area contributed by atoms with Crippen LogP contribution in [0.4, 0.5) is 0 Å². The van der Waals surface area contributed by atoms with E-state index in [1.165, 1.54) is 5.56 Å². The lowest BCUT2D eigenvalue weighted by Crippen LogP contribution is -2.01. The van der Waals surface area contributed by atoms with E-state index in [1.807, 2.05) is 12.1 Å². The Morgan fingerprint density at radius 3 is 2.78 bits per heavy atom. The van der Waals surface area contributed by atoms with Crippen LogP contribution < -0.4 is 10.5 Å². The van der Waals surface area contributed by atoms with Crippen molar-refractivity contribution in [1.82, 2.24) is 4.98 Å². The second-order valence-corrected chi connectivity index (χ2v) is 5.01.